The Hall–Kier alpha value is -1.76. The predicted octanol–water partition coefficient (Wildman–Crippen LogP) is 4.01. The zero-order valence-corrected chi connectivity index (χ0v) is 9.48. The molecule has 0 saturated carbocycles. The molecule has 1 heteroatoms. The van der Waals surface area contributed by atoms with Crippen molar-refractivity contribution < 1.29 is 5.11 Å². The summed E-state index contributed by atoms with van der Waals surface area (Å²) in [6.45, 7) is 2.18. The van der Waals surface area contributed by atoms with Crippen molar-refractivity contribution in [3.63, 3.8) is 0 Å². The molecule has 2 aromatic carbocycles. The average molecular weight is 212 g/mol. The molecule has 0 heterocycles. The van der Waals surface area contributed by atoms with Gasteiger partial charge >= 0.3 is 0 Å². The maximum Gasteiger partial charge on any atom is 0.123 e. The van der Waals surface area contributed by atoms with Crippen molar-refractivity contribution >= 4 is 0 Å². The fourth-order valence-corrected chi connectivity index (χ4v) is 1.86. The van der Waals surface area contributed by atoms with Crippen molar-refractivity contribution in [2.45, 2.75) is 19.8 Å². The summed E-state index contributed by atoms with van der Waals surface area (Å²) < 4.78 is 0. The van der Waals surface area contributed by atoms with Crippen LogP contribution in [-0.2, 0) is 6.42 Å². The number of phenolic OH excluding ortho intramolecular Hbond substituents is 1. The Bertz CT molecular complexity index is 457. The van der Waals surface area contributed by atoms with Gasteiger partial charge in [0.05, 0.1) is 0 Å². The number of aryl methyl sites for hydroxylation is 1. The number of phenols is 1. The Balaban J connectivity index is 2.31. The van der Waals surface area contributed by atoms with Gasteiger partial charge in [-0.15, -0.1) is 0 Å². The summed E-state index contributed by atoms with van der Waals surface area (Å²) >= 11 is 0. The highest BCUT2D eigenvalue weighted by Crippen LogP contribution is 2.28. The summed E-state index contributed by atoms with van der Waals surface area (Å²) in [5, 5.41) is 9.74. The lowest BCUT2D eigenvalue weighted by Gasteiger charge is -2.05. The van der Waals surface area contributed by atoms with E-state index < -0.39 is 0 Å². The lowest BCUT2D eigenvalue weighted by molar-refractivity contribution is 0.477. The van der Waals surface area contributed by atoms with E-state index in [0.29, 0.717) is 5.75 Å². The van der Waals surface area contributed by atoms with Gasteiger partial charge in [-0.25, -0.2) is 0 Å². The molecule has 1 nitrogen and oxygen atoms in total. The van der Waals surface area contributed by atoms with Crippen molar-refractivity contribution in [3.05, 3.63) is 54.1 Å². The molecule has 2 rings (SSSR count). The molecular formula is C15H16O. The van der Waals surface area contributed by atoms with E-state index in [0.717, 1.165) is 24.0 Å². The van der Waals surface area contributed by atoms with Crippen LogP contribution in [-0.4, -0.2) is 5.11 Å². The van der Waals surface area contributed by atoms with Gasteiger partial charge in [0.2, 0.25) is 0 Å². The van der Waals surface area contributed by atoms with E-state index >= 15 is 0 Å². The first-order valence-electron chi connectivity index (χ1n) is 5.68. The van der Waals surface area contributed by atoms with E-state index in [1.165, 1.54) is 5.56 Å². The fourth-order valence-electron chi connectivity index (χ4n) is 1.86. The lowest BCUT2D eigenvalue weighted by Crippen LogP contribution is -1.83. The Morgan fingerprint density at radius 3 is 2.25 bits per heavy atom. The molecule has 0 radical (unpaired) electrons. The molecule has 0 spiro atoms. The van der Waals surface area contributed by atoms with Crippen LogP contribution in [0.15, 0.2) is 48.5 Å². The number of hydrogen-bond acceptors (Lipinski definition) is 1. The largest absolute Gasteiger partial charge is 0.507 e. The van der Waals surface area contributed by atoms with Crippen LogP contribution in [0.25, 0.3) is 11.1 Å². The number of hydrogen-bond donors (Lipinski definition) is 1. The van der Waals surface area contributed by atoms with Gasteiger partial charge in [-0.1, -0.05) is 55.8 Å². The molecule has 0 atom stereocenters. The van der Waals surface area contributed by atoms with E-state index in [4.69, 9.17) is 0 Å². The molecule has 0 aliphatic carbocycles. The highest BCUT2D eigenvalue weighted by Gasteiger charge is 2.02. The molecule has 1 N–H and O–H groups in total. The van der Waals surface area contributed by atoms with Crippen LogP contribution in [0.3, 0.4) is 0 Å². The molecular weight excluding hydrogens is 196 g/mol. The normalized spacial score (nSPS) is 10.3. The molecule has 0 aliphatic rings. The summed E-state index contributed by atoms with van der Waals surface area (Å²) in [5.74, 6) is 0.339. The number of para-hydroxylation sites is 1. The predicted molar refractivity (Wildman–Crippen MR) is 67.5 cm³/mol. The van der Waals surface area contributed by atoms with Gasteiger partial charge in [0.15, 0.2) is 0 Å². The van der Waals surface area contributed by atoms with Crippen LogP contribution >= 0.6 is 0 Å². The third-order valence-electron chi connectivity index (χ3n) is 2.71. The minimum Gasteiger partial charge on any atom is -0.507 e. The number of aromatic hydroxyl groups is 1. The number of rotatable bonds is 3. The Morgan fingerprint density at radius 2 is 1.62 bits per heavy atom. The Kier molecular flexibility index (Phi) is 3.25. The van der Waals surface area contributed by atoms with Gasteiger partial charge in [0.1, 0.15) is 5.75 Å². The lowest BCUT2D eigenvalue weighted by atomic mass is 10.0. The minimum absolute atomic E-state index is 0.339. The first-order chi connectivity index (χ1) is 7.81. The van der Waals surface area contributed by atoms with Crippen LogP contribution in [0.2, 0.25) is 0 Å². The molecule has 16 heavy (non-hydrogen) atoms. The SMILES string of the molecule is CCCc1ccc(-c2ccccc2O)cc1. The first kappa shape index (κ1) is 10.7. The smallest absolute Gasteiger partial charge is 0.123 e. The van der Waals surface area contributed by atoms with E-state index in [-0.39, 0.29) is 0 Å². The van der Waals surface area contributed by atoms with Gasteiger partial charge in [-0.2, -0.15) is 0 Å². The monoisotopic (exact) mass is 212 g/mol. The van der Waals surface area contributed by atoms with Gasteiger partial charge in [-0.05, 0) is 23.6 Å². The second-order valence-electron chi connectivity index (χ2n) is 3.96. The summed E-state index contributed by atoms with van der Waals surface area (Å²) in [5.41, 5.74) is 3.31. The third-order valence-corrected chi connectivity index (χ3v) is 2.71. The minimum atomic E-state index is 0.339. The Labute approximate surface area is 96.4 Å². The quantitative estimate of drug-likeness (QED) is 0.815. The van der Waals surface area contributed by atoms with Crippen molar-refractivity contribution in [3.8, 4) is 16.9 Å². The molecule has 0 saturated heterocycles. The maximum atomic E-state index is 9.74. The van der Waals surface area contributed by atoms with E-state index in [1.807, 2.05) is 18.2 Å². The second-order valence-corrected chi connectivity index (χ2v) is 3.96. The summed E-state index contributed by atoms with van der Waals surface area (Å²) in [4.78, 5) is 0. The molecule has 82 valence electrons. The maximum absolute atomic E-state index is 9.74. The van der Waals surface area contributed by atoms with Crippen molar-refractivity contribution in [2.75, 3.05) is 0 Å². The van der Waals surface area contributed by atoms with E-state index in [9.17, 15) is 5.11 Å². The molecule has 0 unspecified atom stereocenters. The van der Waals surface area contributed by atoms with E-state index in [1.54, 1.807) is 6.07 Å². The topological polar surface area (TPSA) is 20.2 Å². The van der Waals surface area contributed by atoms with Crippen molar-refractivity contribution in [1.29, 1.82) is 0 Å². The van der Waals surface area contributed by atoms with Crippen LogP contribution in [0.4, 0.5) is 0 Å². The van der Waals surface area contributed by atoms with Crippen LogP contribution in [0.1, 0.15) is 18.9 Å². The molecule has 0 bridgehead atoms. The van der Waals surface area contributed by atoms with Crippen LogP contribution < -0.4 is 0 Å². The third kappa shape index (κ3) is 2.25. The second kappa shape index (κ2) is 4.84. The molecule has 0 fully saturated rings. The van der Waals surface area contributed by atoms with E-state index in [2.05, 4.69) is 31.2 Å². The van der Waals surface area contributed by atoms with Crippen LogP contribution in [0.5, 0.6) is 5.75 Å². The highest BCUT2D eigenvalue weighted by atomic mass is 16.3. The van der Waals surface area contributed by atoms with Gasteiger partial charge in [-0.3, -0.25) is 0 Å². The summed E-state index contributed by atoms with van der Waals surface area (Å²) in [6.07, 6.45) is 2.27. The molecule has 2 aromatic rings. The van der Waals surface area contributed by atoms with Crippen LogP contribution in [0, 0.1) is 0 Å². The summed E-state index contributed by atoms with van der Waals surface area (Å²) in [6, 6.07) is 15.8. The fraction of sp³-hybridized carbons (Fsp3) is 0.200. The molecule has 0 aliphatic heterocycles. The number of benzene rings is 2. The zero-order chi connectivity index (χ0) is 11.4. The molecule has 0 amide bonds. The average Bonchev–Trinajstić information content (AvgIpc) is 2.31. The Morgan fingerprint density at radius 1 is 0.938 bits per heavy atom. The van der Waals surface area contributed by atoms with Gasteiger partial charge in [0, 0.05) is 5.56 Å². The van der Waals surface area contributed by atoms with Crippen molar-refractivity contribution in [2.24, 2.45) is 0 Å². The first-order valence-corrected chi connectivity index (χ1v) is 5.68. The summed E-state index contributed by atoms with van der Waals surface area (Å²) in [7, 11) is 0. The zero-order valence-electron chi connectivity index (χ0n) is 9.48. The van der Waals surface area contributed by atoms with Crippen molar-refractivity contribution in [1.82, 2.24) is 0 Å². The van der Waals surface area contributed by atoms with Gasteiger partial charge in [0.25, 0.3) is 0 Å². The van der Waals surface area contributed by atoms with Gasteiger partial charge < -0.3 is 5.11 Å². The standard InChI is InChI=1S/C15H16O/c1-2-5-12-8-10-13(11-9-12)14-6-3-4-7-15(14)16/h3-4,6-11,16H,2,5H2,1H3. The highest BCUT2D eigenvalue weighted by molar-refractivity contribution is 5.69. The molecule has 0 aromatic heterocycles.